The van der Waals surface area contributed by atoms with Gasteiger partial charge in [0.2, 0.25) is 5.89 Å². The van der Waals surface area contributed by atoms with E-state index >= 15 is 0 Å². The highest BCUT2D eigenvalue weighted by atomic mass is 16.4. The minimum absolute atomic E-state index is 0.00215. The molecule has 0 aliphatic rings. The van der Waals surface area contributed by atoms with Gasteiger partial charge in [0.1, 0.15) is 17.6 Å². The Morgan fingerprint density at radius 2 is 2.11 bits per heavy atom. The zero-order chi connectivity index (χ0) is 13.6. The summed E-state index contributed by atoms with van der Waals surface area (Å²) in [5.74, 6) is 2.42. The molecule has 0 radical (unpaired) electrons. The van der Waals surface area contributed by atoms with Crippen molar-refractivity contribution < 1.29 is 4.42 Å². The van der Waals surface area contributed by atoms with Crippen molar-refractivity contribution in [2.24, 2.45) is 0 Å². The van der Waals surface area contributed by atoms with Gasteiger partial charge in [0.05, 0.1) is 17.2 Å². The predicted octanol–water partition coefficient (Wildman–Crippen LogP) is 2.83. The number of oxazole rings is 1. The number of nitrogens with two attached hydrogens (primary N) is 1. The van der Waals surface area contributed by atoms with Crippen LogP contribution < -0.4 is 5.73 Å². The quantitative estimate of drug-likeness (QED) is 0.716. The fourth-order valence-corrected chi connectivity index (χ4v) is 2.40. The van der Waals surface area contributed by atoms with Crippen LogP contribution in [0.25, 0.3) is 11.0 Å². The molecule has 0 amide bonds. The van der Waals surface area contributed by atoms with Gasteiger partial charge < -0.3 is 14.7 Å². The molecule has 0 aliphatic heterocycles. The summed E-state index contributed by atoms with van der Waals surface area (Å²) in [6.07, 6.45) is 1.73. The highest BCUT2D eigenvalue weighted by Crippen LogP contribution is 2.26. The smallest absolute Gasteiger partial charge is 0.217 e. The van der Waals surface area contributed by atoms with Crippen LogP contribution in [-0.2, 0) is 0 Å². The number of nitrogens with zero attached hydrogens (tertiary/aromatic N) is 3. The molecule has 5 nitrogen and oxygen atoms in total. The van der Waals surface area contributed by atoms with Crippen molar-refractivity contribution in [3.63, 3.8) is 0 Å². The van der Waals surface area contributed by atoms with Crippen LogP contribution in [0.5, 0.6) is 0 Å². The third-order valence-corrected chi connectivity index (χ3v) is 3.27. The number of benzene rings is 1. The molecule has 2 N–H and O–H groups in total. The van der Waals surface area contributed by atoms with Crippen molar-refractivity contribution in [2.45, 2.75) is 26.8 Å². The van der Waals surface area contributed by atoms with Gasteiger partial charge >= 0.3 is 0 Å². The predicted molar refractivity (Wildman–Crippen MR) is 73.9 cm³/mol. The molecule has 2 aromatic heterocycles. The Balaban J connectivity index is 2.16. The van der Waals surface area contributed by atoms with Crippen LogP contribution in [-0.4, -0.2) is 14.5 Å². The highest BCUT2D eigenvalue weighted by Gasteiger charge is 2.18. The van der Waals surface area contributed by atoms with E-state index in [2.05, 4.69) is 21.5 Å². The largest absolute Gasteiger partial charge is 0.444 e. The maximum absolute atomic E-state index is 5.79. The standard InChI is InChI=1S/C14H16N4O/c1-8-7-16-14(19-8)9(2)18-10(3)17-12-6-11(15)4-5-13(12)18/h4-7,9H,15H2,1-3H3. The lowest BCUT2D eigenvalue weighted by molar-refractivity contribution is 0.416. The molecule has 1 aromatic carbocycles. The summed E-state index contributed by atoms with van der Waals surface area (Å²) < 4.78 is 7.72. The van der Waals surface area contributed by atoms with Gasteiger partial charge in [-0.1, -0.05) is 0 Å². The topological polar surface area (TPSA) is 69.9 Å². The SMILES string of the molecule is Cc1cnc(C(C)n2c(C)nc3cc(N)ccc32)o1. The van der Waals surface area contributed by atoms with E-state index in [0.717, 1.165) is 28.3 Å². The molecular formula is C14H16N4O. The van der Waals surface area contributed by atoms with E-state index in [1.165, 1.54) is 0 Å². The van der Waals surface area contributed by atoms with Crippen LogP contribution in [0.15, 0.2) is 28.8 Å². The average molecular weight is 256 g/mol. The van der Waals surface area contributed by atoms with Gasteiger partial charge in [-0.2, -0.15) is 0 Å². The summed E-state index contributed by atoms with van der Waals surface area (Å²) in [6, 6.07) is 5.75. The highest BCUT2D eigenvalue weighted by molar-refractivity contribution is 5.79. The number of fused-ring (bicyclic) bond motifs is 1. The average Bonchev–Trinajstić information content (AvgIpc) is 2.91. The number of nitrogen functional groups attached to an aromatic ring is 1. The molecule has 1 unspecified atom stereocenters. The van der Waals surface area contributed by atoms with E-state index in [1.807, 2.05) is 32.0 Å². The van der Waals surface area contributed by atoms with E-state index in [-0.39, 0.29) is 6.04 Å². The van der Waals surface area contributed by atoms with E-state index in [9.17, 15) is 0 Å². The maximum atomic E-state index is 5.79. The molecule has 5 heteroatoms. The first kappa shape index (κ1) is 11.8. The molecule has 0 aliphatic carbocycles. The fraction of sp³-hybridized carbons (Fsp3) is 0.286. The van der Waals surface area contributed by atoms with Crippen molar-refractivity contribution in [1.29, 1.82) is 0 Å². The van der Waals surface area contributed by atoms with Crippen LogP contribution >= 0.6 is 0 Å². The first-order chi connectivity index (χ1) is 9.06. The van der Waals surface area contributed by atoms with E-state index in [0.29, 0.717) is 5.89 Å². The summed E-state index contributed by atoms with van der Waals surface area (Å²) in [4.78, 5) is 8.84. The van der Waals surface area contributed by atoms with Crippen molar-refractivity contribution in [2.75, 3.05) is 5.73 Å². The molecule has 98 valence electrons. The number of anilines is 1. The molecule has 3 rings (SSSR count). The number of hydrogen-bond donors (Lipinski definition) is 1. The summed E-state index contributed by atoms with van der Waals surface area (Å²) in [6.45, 7) is 5.92. The first-order valence-electron chi connectivity index (χ1n) is 6.22. The molecule has 19 heavy (non-hydrogen) atoms. The lowest BCUT2D eigenvalue weighted by Crippen LogP contribution is -2.08. The maximum Gasteiger partial charge on any atom is 0.217 e. The van der Waals surface area contributed by atoms with Crippen LogP contribution in [0.4, 0.5) is 5.69 Å². The summed E-state index contributed by atoms with van der Waals surface area (Å²) in [5.41, 5.74) is 8.45. The zero-order valence-corrected chi connectivity index (χ0v) is 11.2. The second kappa shape index (κ2) is 4.12. The van der Waals surface area contributed by atoms with Crippen molar-refractivity contribution in [3.05, 3.63) is 41.9 Å². The minimum Gasteiger partial charge on any atom is -0.444 e. The van der Waals surface area contributed by atoms with Crippen molar-refractivity contribution in [1.82, 2.24) is 14.5 Å². The molecule has 0 saturated heterocycles. The lowest BCUT2D eigenvalue weighted by Gasteiger charge is -2.13. The Labute approximate surface area is 111 Å². The van der Waals surface area contributed by atoms with Gasteiger partial charge in [0.15, 0.2) is 0 Å². The van der Waals surface area contributed by atoms with Crippen LogP contribution in [0.3, 0.4) is 0 Å². The minimum atomic E-state index is 0.00215. The van der Waals surface area contributed by atoms with Crippen LogP contribution in [0, 0.1) is 13.8 Å². The number of hydrogen-bond acceptors (Lipinski definition) is 4. The van der Waals surface area contributed by atoms with E-state index < -0.39 is 0 Å². The van der Waals surface area contributed by atoms with Gasteiger partial charge in [-0.05, 0) is 39.0 Å². The molecule has 3 aromatic rings. The number of aryl methyl sites for hydroxylation is 2. The van der Waals surface area contributed by atoms with Crippen LogP contribution in [0.1, 0.15) is 30.4 Å². The Hall–Kier alpha value is -2.30. The van der Waals surface area contributed by atoms with Crippen molar-refractivity contribution >= 4 is 16.7 Å². The Kier molecular flexibility index (Phi) is 2.55. The zero-order valence-electron chi connectivity index (χ0n) is 11.2. The molecule has 0 bridgehead atoms. The van der Waals surface area contributed by atoms with Gasteiger partial charge in [0.25, 0.3) is 0 Å². The fourth-order valence-electron chi connectivity index (χ4n) is 2.40. The molecular weight excluding hydrogens is 240 g/mol. The molecule has 2 heterocycles. The Morgan fingerprint density at radius 3 is 2.79 bits per heavy atom. The van der Waals surface area contributed by atoms with Crippen molar-refractivity contribution in [3.8, 4) is 0 Å². The van der Waals surface area contributed by atoms with E-state index in [4.69, 9.17) is 10.2 Å². The summed E-state index contributed by atoms with van der Waals surface area (Å²) in [7, 11) is 0. The molecule has 0 spiro atoms. The number of imidazole rings is 1. The number of aromatic nitrogens is 3. The number of rotatable bonds is 2. The van der Waals surface area contributed by atoms with Gasteiger partial charge in [-0.25, -0.2) is 9.97 Å². The third kappa shape index (κ3) is 1.87. The van der Waals surface area contributed by atoms with Gasteiger partial charge in [-0.3, -0.25) is 0 Å². The summed E-state index contributed by atoms with van der Waals surface area (Å²) in [5, 5.41) is 0. The summed E-state index contributed by atoms with van der Waals surface area (Å²) >= 11 is 0. The second-order valence-electron chi connectivity index (χ2n) is 4.76. The molecule has 1 atom stereocenters. The normalized spacial score (nSPS) is 13.0. The molecule has 0 saturated carbocycles. The lowest BCUT2D eigenvalue weighted by atomic mass is 10.2. The Bertz CT molecular complexity index is 741. The second-order valence-corrected chi connectivity index (χ2v) is 4.76. The van der Waals surface area contributed by atoms with Crippen LogP contribution in [0.2, 0.25) is 0 Å². The first-order valence-corrected chi connectivity index (χ1v) is 6.22. The van der Waals surface area contributed by atoms with Gasteiger partial charge in [0, 0.05) is 5.69 Å². The third-order valence-electron chi connectivity index (χ3n) is 3.27. The van der Waals surface area contributed by atoms with E-state index in [1.54, 1.807) is 6.20 Å². The van der Waals surface area contributed by atoms with Gasteiger partial charge in [-0.15, -0.1) is 0 Å². The molecule has 0 fully saturated rings. The Morgan fingerprint density at radius 1 is 1.32 bits per heavy atom. The monoisotopic (exact) mass is 256 g/mol.